The fourth-order valence-corrected chi connectivity index (χ4v) is 2.75. The molecule has 2 aliphatic rings. The van der Waals surface area contributed by atoms with Gasteiger partial charge in [-0.15, -0.1) is 0 Å². The average molecular weight is 221 g/mol. The van der Waals surface area contributed by atoms with Gasteiger partial charge >= 0.3 is 0 Å². The maximum atomic E-state index is 5.79. The Kier molecular flexibility index (Phi) is 2.26. The molecule has 0 spiro atoms. The van der Waals surface area contributed by atoms with Crippen molar-refractivity contribution < 1.29 is 0 Å². The number of hydrogen-bond acceptors (Lipinski definition) is 2. The van der Waals surface area contributed by atoms with Gasteiger partial charge < -0.3 is 5.32 Å². The van der Waals surface area contributed by atoms with E-state index in [1.807, 2.05) is 12.3 Å². The van der Waals surface area contributed by atoms with Crippen LogP contribution in [0.5, 0.6) is 0 Å². The van der Waals surface area contributed by atoms with Crippen LogP contribution in [0.3, 0.4) is 0 Å². The highest BCUT2D eigenvalue weighted by Crippen LogP contribution is 2.39. The lowest BCUT2D eigenvalue weighted by Crippen LogP contribution is -2.08. The minimum Gasteiger partial charge on any atom is -0.312 e. The molecule has 0 amide bonds. The summed E-state index contributed by atoms with van der Waals surface area (Å²) in [4.78, 5) is 4.15. The van der Waals surface area contributed by atoms with Crippen LogP contribution in [0.15, 0.2) is 23.9 Å². The Hall–Kier alpha value is -0.860. The molecule has 0 saturated carbocycles. The summed E-state index contributed by atoms with van der Waals surface area (Å²) in [5.41, 5.74) is 4.34. The Balaban J connectivity index is 2.00. The molecule has 2 heterocycles. The van der Waals surface area contributed by atoms with Gasteiger partial charge in [-0.05, 0) is 41.5 Å². The molecule has 2 nitrogen and oxygen atoms in total. The first kappa shape index (κ1) is 9.37. The Labute approximate surface area is 94.4 Å². The van der Waals surface area contributed by atoms with Crippen LogP contribution in [0.2, 0.25) is 5.15 Å². The Morgan fingerprint density at radius 3 is 3.13 bits per heavy atom. The number of halogens is 1. The predicted octanol–water partition coefficient (Wildman–Crippen LogP) is 2.50. The average Bonchev–Trinajstić information content (AvgIpc) is 2.80. The third-order valence-electron chi connectivity index (χ3n) is 3.41. The Bertz CT molecular complexity index is 408. The molecule has 1 N–H and O–H groups in total. The van der Waals surface area contributed by atoms with Crippen LogP contribution in [-0.4, -0.2) is 18.1 Å². The molecule has 1 unspecified atom stereocenters. The van der Waals surface area contributed by atoms with Crippen molar-refractivity contribution in [2.75, 3.05) is 13.1 Å². The van der Waals surface area contributed by atoms with Crippen LogP contribution in [0.1, 0.15) is 18.4 Å². The zero-order valence-corrected chi connectivity index (χ0v) is 9.22. The summed E-state index contributed by atoms with van der Waals surface area (Å²) in [5, 5.41) is 4.00. The smallest absolute Gasteiger partial charge is 0.129 e. The van der Waals surface area contributed by atoms with Crippen LogP contribution >= 0.6 is 11.6 Å². The van der Waals surface area contributed by atoms with Crippen molar-refractivity contribution in [2.45, 2.75) is 12.8 Å². The molecule has 3 heteroatoms. The lowest BCUT2D eigenvalue weighted by Gasteiger charge is -2.04. The second-order valence-corrected chi connectivity index (χ2v) is 4.63. The summed E-state index contributed by atoms with van der Waals surface area (Å²) in [6.07, 6.45) is 4.39. The van der Waals surface area contributed by atoms with E-state index in [1.54, 1.807) is 5.57 Å². The van der Waals surface area contributed by atoms with Gasteiger partial charge in [0.2, 0.25) is 0 Å². The van der Waals surface area contributed by atoms with Crippen molar-refractivity contribution in [3.8, 4) is 0 Å². The lowest BCUT2D eigenvalue weighted by atomic mass is 10.0. The molecule has 1 aromatic rings. The van der Waals surface area contributed by atoms with E-state index in [1.165, 1.54) is 24.0 Å². The van der Waals surface area contributed by atoms with Crippen molar-refractivity contribution in [1.29, 1.82) is 0 Å². The molecule has 1 saturated heterocycles. The van der Waals surface area contributed by atoms with Gasteiger partial charge in [0, 0.05) is 19.3 Å². The molecule has 15 heavy (non-hydrogen) atoms. The number of fused-ring (bicyclic) bond motifs is 1. The molecule has 78 valence electrons. The molecule has 1 fully saturated rings. The van der Waals surface area contributed by atoms with E-state index in [4.69, 9.17) is 11.6 Å². The molecule has 1 aromatic heterocycles. The zero-order chi connectivity index (χ0) is 10.3. The van der Waals surface area contributed by atoms with Gasteiger partial charge in [-0.25, -0.2) is 4.98 Å². The van der Waals surface area contributed by atoms with E-state index in [2.05, 4.69) is 16.4 Å². The van der Waals surface area contributed by atoms with E-state index < -0.39 is 0 Å². The van der Waals surface area contributed by atoms with E-state index in [0.717, 1.165) is 19.0 Å². The monoisotopic (exact) mass is 220 g/mol. The fourth-order valence-electron chi connectivity index (χ4n) is 2.64. The van der Waals surface area contributed by atoms with Crippen molar-refractivity contribution >= 4 is 17.2 Å². The van der Waals surface area contributed by atoms with Gasteiger partial charge in [0.15, 0.2) is 0 Å². The normalized spacial score (nSPS) is 24.7. The first-order valence-corrected chi connectivity index (χ1v) is 5.77. The molecule has 0 radical (unpaired) electrons. The highest BCUT2D eigenvalue weighted by atomic mass is 35.5. The molecule has 1 aliphatic carbocycles. The van der Waals surface area contributed by atoms with E-state index in [9.17, 15) is 0 Å². The van der Waals surface area contributed by atoms with Gasteiger partial charge in [-0.1, -0.05) is 17.7 Å². The maximum absolute atomic E-state index is 5.79. The summed E-state index contributed by atoms with van der Waals surface area (Å²) in [7, 11) is 0. The fraction of sp³-hybridized carbons (Fsp3) is 0.417. The van der Waals surface area contributed by atoms with Crippen LogP contribution in [0.25, 0.3) is 5.57 Å². The number of nitrogens with zero attached hydrogens (tertiary/aromatic N) is 1. The van der Waals surface area contributed by atoms with Crippen LogP contribution in [0.4, 0.5) is 0 Å². The third kappa shape index (κ3) is 1.58. The third-order valence-corrected chi connectivity index (χ3v) is 3.63. The number of aromatic nitrogens is 1. The van der Waals surface area contributed by atoms with Crippen molar-refractivity contribution in [3.63, 3.8) is 0 Å². The highest BCUT2D eigenvalue weighted by molar-refractivity contribution is 6.29. The van der Waals surface area contributed by atoms with Crippen molar-refractivity contribution in [3.05, 3.63) is 34.6 Å². The predicted molar refractivity (Wildman–Crippen MR) is 61.8 cm³/mol. The molecule has 0 bridgehead atoms. The van der Waals surface area contributed by atoms with Gasteiger partial charge in [0.1, 0.15) is 5.15 Å². The van der Waals surface area contributed by atoms with E-state index >= 15 is 0 Å². The summed E-state index contributed by atoms with van der Waals surface area (Å²) in [6, 6.07) is 3.96. The first-order valence-electron chi connectivity index (χ1n) is 5.39. The van der Waals surface area contributed by atoms with Gasteiger partial charge in [-0.2, -0.15) is 0 Å². The standard InChI is InChI=1S/C12H13ClN2/c13-12-4-2-9(6-15-12)10-3-1-8-5-14-7-11(8)10/h2,4,6,8,14H,1,3,5,7H2. The maximum Gasteiger partial charge on any atom is 0.129 e. The minimum atomic E-state index is 0.573. The largest absolute Gasteiger partial charge is 0.312 e. The van der Waals surface area contributed by atoms with Crippen LogP contribution in [-0.2, 0) is 0 Å². The number of nitrogens with one attached hydrogen (secondary N) is 1. The summed E-state index contributed by atoms with van der Waals surface area (Å²) >= 11 is 5.79. The molecule has 3 rings (SSSR count). The van der Waals surface area contributed by atoms with Crippen LogP contribution < -0.4 is 5.32 Å². The van der Waals surface area contributed by atoms with Gasteiger partial charge in [0.25, 0.3) is 0 Å². The summed E-state index contributed by atoms with van der Waals surface area (Å²) in [5.74, 6) is 0.774. The van der Waals surface area contributed by atoms with Crippen molar-refractivity contribution in [2.24, 2.45) is 5.92 Å². The molecular formula is C12H13ClN2. The lowest BCUT2D eigenvalue weighted by molar-refractivity contribution is 0.633. The molecule has 0 aromatic carbocycles. The molecule has 1 aliphatic heterocycles. The topological polar surface area (TPSA) is 24.9 Å². The number of allylic oxidation sites excluding steroid dienone is 1. The van der Waals surface area contributed by atoms with Crippen molar-refractivity contribution in [1.82, 2.24) is 10.3 Å². The minimum absolute atomic E-state index is 0.573. The zero-order valence-electron chi connectivity index (χ0n) is 8.46. The molecular weight excluding hydrogens is 208 g/mol. The summed E-state index contributed by atoms with van der Waals surface area (Å²) < 4.78 is 0. The summed E-state index contributed by atoms with van der Waals surface area (Å²) in [6.45, 7) is 2.21. The first-order chi connectivity index (χ1) is 7.34. The van der Waals surface area contributed by atoms with Gasteiger partial charge in [0.05, 0.1) is 0 Å². The Morgan fingerprint density at radius 2 is 2.33 bits per heavy atom. The Morgan fingerprint density at radius 1 is 1.40 bits per heavy atom. The van der Waals surface area contributed by atoms with E-state index in [-0.39, 0.29) is 0 Å². The van der Waals surface area contributed by atoms with Gasteiger partial charge in [-0.3, -0.25) is 0 Å². The quantitative estimate of drug-likeness (QED) is 0.736. The van der Waals surface area contributed by atoms with E-state index in [0.29, 0.717) is 5.15 Å². The second kappa shape index (κ2) is 3.62. The SMILES string of the molecule is Clc1ccc(C2=C3CNCC3CC2)cn1. The number of pyridine rings is 1. The number of hydrogen-bond donors (Lipinski definition) is 1. The highest BCUT2D eigenvalue weighted by Gasteiger charge is 2.29. The number of rotatable bonds is 1. The van der Waals surface area contributed by atoms with Crippen LogP contribution in [0, 0.1) is 5.92 Å². The second-order valence-electron chi connectivity index (χ2n) is 4.24. The molecule has 1 atom stereocenters.